The van der Waals surface area contributed by atoms with E-state index in [0.717, 1.165) is 0 Å². The molecule has 1 aromatic carbocycles. The van der Waals surface area contributed by atoms with Crippen molar-refractivity contribution in [2.45, 2.75) is 70.5 Å². The van der Waals surface area contributed by atoms with Crippen LogP contribution in [-0.2, 0) is 20.9 Å². The van der Waals surface area contributed by atoms with Gasteiger partial charge in [0.25, 0.3) is 0 Å². The summed E-state index contributed by atoms with van der Waals surface area (Å²) < 4.78 is 17.4. The maximum atomic E-state index is 13.3. The molecular formula is C28H40N2O8. The van der Waals surface area contributed by atoms with E-state index >= 15 is 0 Å². The molecule has 1 aliphatic carbocycles. The third kappa shape index (κ3) is 6.55. The van der Waals surface area contributed by atoms with Gasteiger partial charge in [-0.2, -0.15) is 0 Å². The number of nitrogens with zero attached hydrogens (tertiary/aromatic N) is 1. The average molecular weight is 533 g/mol. The number of amides is 2. The molecule has 0 unspecified atom stereocenters. The van der Waals surface area contributed by atoms with Crippen molar-refractivity contribution in [3.63, 3.8) is 0 Å². The lowest BCUT2D eigenvalue weighted by Crippen LogP contribution is -2.55. The van der Waals surface area contributed by atoms with Gasteiger partial charge in [0.05, 0.1) is 38.4 Å². The Morgan fingerprint density at radius 1 is 1.26 bits per heavy atom. The van der Waals surface area contributed by atoms with Gasteiger partial charge in [-0.3, -0.25) is 9.59 Å². The van der Waals surface area contributed by atoms with Crippen molar-refractivity contribution < 1.29 is 39.1 Å². The molecule has 1 aliphatic heterocycles. The molecule has 0 radical (unpaired) electrons. The Balaban J connectivity index is 2.06. The molecule has 10 nitrogen and oxygen atoms in total. The van der Waals surface area contributed by atoms with Crippen LogP contribution in [0, 0.1) is 0 Å². The van der Waals surface area contributed by atoms with E-state index in [9.17, 15) is 24.9 Å². The Labute approximate surface area is 223 Å². The van der Waals surface area contributed by atoms with E-state index < -0.39 is 30.1 Å². The fourth-order valence-electron chi connectivity index (χ4n) is 4.89. The highest BCUT2D eigenvalue weighted by atomic mass is 16.5. The molecule has 0 aromatic heterocycles. The van der Waals surface area contributed by atoms with Crippen molar-refractivity contribution in [1.82, 2.24) is 10.2 Å². The summed E-state index contributed by atoms with van der Waals surface area (Å²) in [6.45, 7) is 6.08. The largest absolute Gasteiger partial charge is 0.493 e. The fourth-order valence-corrected chi connectivity index (χ4v) is 4.89. The summed E-state index contributed by atoms with van der Waals surface area (Å²) in [5.41, 5.74) is 1.49. The number of carbonyl (C=O) groups is 2. The quantitative estimate of drug-likeness (QED) is 0.221. The highest BCUT2D eigenvalue weighted by molar-refractivity contribution is 5.96. The number of carbonyl (C=O) groups excluding carboxylic acids is 2. The van der Waals surface area contributed by atoms with E-state index in [2.05, 4.69) is 5.32 Å². The minimum absolute atomic E-state index is 0.0446. The minimum atomic E-state index is -1.16. The summed E-state index contributed by atoms with van der Waals surface area (Å²) in [6.07, 6.45) is 4.06. The Kier molecular flexibility index (Phi) is 10.7. The number of hydrogen-bond acceptors (Lipinski definition) is 8. The number of hydrogen-bond donors (Lipinski definition) is 4. The van der Waals surface area contributed by atoms with Crippen molar-refractivity contribution in [2.24, 2.45) is 0 Å². The molecule has 0 spiro atoms. The SMILES string of the molecule is CCC=CC(=O)N(CCCOC(C)C)[C@@H]1C=C(C(=O)NCCO)[C@@H]2c3cc(CO)cc(OC)c3O[C@@H]2[C@H]1O. The third-order valence-electron chi connectivity index (χ3n) is 6.63. The van der Waals surface area contributed by atoms with Crippen LogP contribution in [0.25, 0.3) is 0 Å². The Bertz CT molecular complexity index is 1040. The summed E-state index contributed by atoms with van der Waals surface area (Å²) in [5.74, 6) is -0.627. The van der Waals surface area contributed by atoms with Gasteiger partial charge in [-0.25, -0.2) is 0 Å². The van der Waals surface area contributed by atoms with Gasteiger partial charge >= 0.3 is 0 Å². The zero-order valence-corrected chi connectivity index (χ0v) is 22.6. The number of allylic oxidation sites excluding steroid dienone is 1. The number of aliphatic hydroxyl groups excluding tert-OH is 3. The lowest BCUT2D eigenvalue weighted by molar-refractivity contribution is -0.132. The molecule has 10 heteroatoms. The maximum absolute atomic E-state index is 13.3. The molecule has 4 atom stereocenters. The number of aliphatic hydroxyl groups is 3. The van der Waals surface area contributed by atoms with Crippen LogP contribution in [0.15, 0.2) is 35.9 Å². The van der Waals surface area contributed by atoms with Crippen LogP contribution in [0.3, 0.4) is 0 Å². The Hall–Kier alpha value is -2.92. The first-order valence-electron chi connectivity index (χ1n) is 13.1. The topological polar surface area (TPSA) is 138 Å². The van der Waals surface area contributed by atoms with Crippen LogP contribution < -0.4 is 14.8 Å². The summed E-state index contributed by atoms with van der Waals surface area (Å²) in [7, 11) is 1.48. The summed E-state index contributed by atoms with van der Waals surface area (Å²) in [4.78, 5) is 28.1. The summed E-state index contributed by atoms with van der Waals surface area (Å²) in [6, 6.07) is 2.53. The highest BCUT2D eigenvalue weighted by Crippen LogP contribution is 2.51. The van der Waals surface area contributed by atoms with Gasteiger partial charge in [-0.1, -0.05) is 13.0 Å². The molecule has 210 valence electrons. The van der Waals surface area contributed by atoms with Crippen LogP contribution in [-0.4, -0.2) is 89.8 Å². The molecule has 3 rings (SSSR count). The number of rotatable bonds is 13. The molecule has 0 fully saturated rings. The van der Waals surface area contributed by atoms with Crippen LogP contribution in [0.5, 0.6) is 11.5 Å². The van der Waals surface area contributed by atoms with Crippen LogP contribution in [0.2, 0.25) is 0 Å². The Morgan fingerprint density at radius 3 is 2.66 bits per heavy atom. The number of benzene rings is 1. The molecule has 1 aromatic rings. The number of methoxy groups -OCH3 is 1. The molecule has 0 bridgehead atoms. The first-order chi connectivity index (χ1) is 18.3. The highest BCUT2D eigenvalue weighted by Gasteiger charge is 2.51. The second kappa shape index (κ2) is 13.7. The first kappa shape index (κ1) is 29.6. The van der Waals surface area contributed by atoms with Crippen LogP contribution in [0.1, 0.15) is 50.7 Å². The molecule has 0 saturated heterocycles. The number of nitrogens with one attached hydrogen (secondary N) is 1. The average Bonchev–Trinajstić information content (AvgIpc) is 3.30. The van der Waals surface area contributed by atoms with E-state index in [0.29, 0.717) is 54.2 Å². The zero-order chi connectivity index (χ0) is 27.8. The maximum Gasteiger partial charge on any atom is 0.247 e. The molecule has 2 amide bonds. The number of ether oxygens (including phenoxy) is 3. The predicted molar refractivity (Wildman–Crippen MR) is 141 cm³/mol. The van der Waals surface area contributed by atoms with E-state index in [4.69, 9.17) is 14.2 Å². The minimum Gasteiger partial charge on any atom is -0.493 e. The van der Waals surface area contributed by atoms with Crippen molar-refractivity contribution in [3.8, 4) is 11.5 Å². The monoisotopic (exact) mass is 532 g/mol. The van der Waals surface area contributed by atoms with E-state index in [1.165, 1.54) is 13.2 Å². The van der Waals surface area contributed by atoms with E-state index in [-0.39, 0.29) is 31.8 Å². The second-order valence-corrected chi connectivity index (χ2v) is 9.63. The van der Waals surface area contributed by atoms with Crippen LogP contribution >= 0.6 is 0 Å². The fraction of sp³-hybridized carbons (Fsp3) is 0.571. The molecule has 4 N–H and O–H groups in total. The first-order valence-corrected chi connectivity index (χ1v) is 13.1. The molecule has 1 heterocycles. The zero-order valence-electron chi connectivity index (χ0n) is 22.6. The van der Waals surface area contributed by atoms with Crippen molar-refractivity contribution in [3.05, 3.63) is 47.1 Å². The van der Waals surface area contributed by atoms with Gasteiger partial charge in [-0.15, -0.1) is 0 Å². The van der Waals surface area contributed by atoms with Crippen molar-refractivity contribution >= 4 is 11.8 Å². The standard InChI is InChI=1S/C28H40N2O8/c1-5-6-8-23(33)30(10-7-12-37-17(2)3)21-15-20(28(35)29-9-11-31)24-19-13-18(16-32)14-22(36-4)26(19)38-27(24)25(21)34/h6,8,13-15,17,21,24-25,27,31-32,34H,5,7,9-12,16H2,1-4H3,(H,29,35)/t21-,24+,25+,27+/m1/s1. The normalized spacial score (nSPS) is 22.1. The van der Waals surface area contributed by atoms with Crippen LogP contribution in [0.4, 0.5) is 0 Å². The summed E-state index contributed by atoms with van der Waals surface area (Å²) in [5, 5.41) is 33.3. The van der Waals surface area contributed by atoms with Gasteiger partial charge in [0, 0.05) is 30.8 Å². The molecule has 0 saturated carbocycles. The van der Waals surface area contributed by atoms with E-state index in [1.54, 1.807) is 29.2 Å². The van der Waals surface area contributed by atoms with Gasteiger partial charge < -0.3 is 39.7 Å². The molecule has 38 heavy (non-hydrogen) atoms. The van der Waals surface area contributed by atoms with Crippen molar-refractivity contribution in [2.75, 3.05) is 33.4 Å². The predicted octanol–water partition coefficient (Wildman–Crippen LogP) is 1.42. The molecular weight excluding hydrogens is 492 g/mol. The third-order valence-corrected chi connectivity index (χ3v) is 6.63. The van der Waals surface area contributed by atoms with Gasteiger partial charge in [-0.05, 0) is 56.5 Å². The van der Waals surface area contributed by atoms with E-state index in [1.807, 2.05) is 20.8 Å². The van der Waals surface area contributed by atoms with Gasteiger partial charge in [0.15, 0.2) is 11.5 Å². The Morgan fingerprint density at radius 2 is 2.03 bits per heavy atom. The lowest BCUT2D eigenvalue weighted by Gasteiger charge is -2.40. The van der Waals surface area contributed by atoms with Crippen molar-refractivity contribution in [1.29, 1.82) is 0 Å². The second-order valence-electron chi connectivity index (χ2n) is 9.63. The van der Waals surface area contributed by atoms with Gasteiger partial charge in [0.2, 0.25) is 11.8 Å². The lowest BCUT2D eigenvalue weighted by atomic mass is 9.77. The van der Waals surface area contributed by atoms with Gasteiger partial charge in [0.1, 0.15) is 12.2 Å². The molecule has 2 aliphatic rings. The number of fused-ring (bicyclic) bond motifs is 3. The summed E-state index contributed by atoms with van der Waals surface area (Å²) >= 11 is 0. The smallest absolute Gasteiger partial charge is 0.247 e.